The van der Waals surface area contributed by atoms with Crippen molar-refractivity contribution >= 4 is 18.3 Å². The second kappa shape index (κ2) is 8.15. The summed E-state index contributed by atoms with van der Waals surface area (Å²) < 4.78 is 5.13. The Balaban J connectivity index is 0.00000324. The van der Waals surface area contributed by atoms with Crippen LogP contribution in [0, 0.1) is 5.41 Å². The highest BCUT2D eigenvalue weighted by molar-refractivity contribution is 5.85. The lowest BCUT2D eigenvalue weighted by atomic mass is 9.92. The van der Waals surface area contributed by atoms with Gasteiger partial charge in [-0.25, -0.2) is 0 Å². The summed E-state index contributed by atoms with van der Waals surface area (Å²) in [5, 5.41) is 2.91. The molecular weight excluding hydrogens is 264 g/mol. The Hall–Kier alpha value is -1.10. The van der Waals surface area contributed by atoms with Crippen LogP contribution in [0.25, 0.3) is 0 Å². The maximum atomic E-state index is 11.9. The zero-order valence-corrected chi connectivity index (χ0v) is 12.5. The summed E-state index contributed by atoms with van der Waals surface area (Å²) in [7, 11) is 1.66. The Kier molecular flexibility index (Phi) is 7.68. The van der Waals surface area contributed by atoms with E-state index in [0.717, 1.165) is 11.1 Å². The van der Waals surface area contributed by atoms with Gasteiger partial charge in [0.15, 0.2) is 0 Å². The predicted octanol–water partition coefficient (Wildman–Crippen LogP) is 1.86. The summed E-state index contributed by atoms with van der Waals surface area (Å²) in [5.41, 5.74) is 7.20. The quantitative estimate of drug-likeness (QED) is 0.839. The van der Waals surface area contributed by atoms with Crippen molar-refractivity contribution in [2.45, 2.75) is 27.0 Å². The molecule has 108 valence electrons. The third-order valence-electron chi connectivity index (χ3n) is 2.98. The molecule has 0 saturated heterocycles. The fourth-order valence-electron chi connectivity index (χ4n) is 1.53. The average Bonchev–Trinajstić information content (AvgIpc) is 2.37. The minimum Gasteiger partial charge on any atom is -0.380 e. The van der Waals surface area contributed by atoms with Crippen LogP contribution in [0.5, 0.6) is 0 Å². The molecule has 3 N–H and O–H groups in total. The lowest BCUT2D eigenvalue weighted by Crippen LogP contribution is -2.41. The van der Waals surface area contributed by atoms with Gasteiger partial charge in [-0.05, 0) is 25.0 Å². The average molecular weight is 287 g/mol. The van der Waals surface area contributed by atoms with Crippen molar-refractivity contribution in [3.8, 4) is 0 Å². The van der Waals surface area contributed by atoms with Gasteiger partial charge < -0.3 is 15.8 Å². The summed E-state index contributed by atoms with van der Waals surface area (Å²) in [6.07, 6.45) is 0. The molecule has 0 aliphatic carbocycles. The number of carbonyl (C=O) groups is 1. The van der Waals surface area contributed by atoms with Gasteiger partial charge in [0, 0.05) is 20.2 Å². The van der Waals surface area contributed by atoms with E-state index in [-0.39, 0.29) is 18.3 Å². The maximum absolute atomic E-state index is 11.9. The van der Waals surface area contributed by atoms with E-state index >= 15 is 0 Å². The Bertz CT molecular complexity index is 408. The van der Waals surface area contributed by atoms with Gasteiger partial charge in [-0.1, -0.05) is 24.3 Å². The molecule has 1 aromatic carbocycles. The van der Waals surface area contributed by atoms with Crippen LogP contribution in [0.2, 0.25) is 0 Å². The molecule has 0 bridgehead atoms. The van der Waals surface area contributed by atoms with Crippen LogP contribution in [0.4, 0.5) is 0 Å². The number of rotatable bonds is 6. The summed E-state index contributed by atoms with van der Waals surface area (Å²) >= 11 is 0. The van der Waals surface area contributed by atoms with Gasteiger partial charge in [0.25, 0.3) is 0 Å². The Labute approximate surface area is 121 Å². The van der Waals surface area contributed by atoms with Crippen molar-refractivity contribution in [2.75, 3.05) is 13.7 Å². The summed E-state index contributed by atoms with van der Waals surface area (Å²) in [4.78, 5) is 11.9. The van der Waals surface area contributed by atoms with Gasteiger partial charge in [-0.3, -0.25) is 4.79 Å². The van der Waals surface area contributed by atoms with Crippen LogP contribution in [0.1, 0.15) is 25.0 Å². The van der Waals surface area contributed by atoms with Gasteiger partial charge in [-0.2, -0.15) is 0 Å². The van der Waals surface area contributed by atoms with Crippen LogP contribution in [-0.4, -0.2) is 19.6 Å². The minimum atomic E-state index is -0.532. The molecule has 0 radical (unpaired) electrons. The Morgan fingerprint density at radius 1 is 1.32 bits per heavy atom. The van der Waals surface area contributed by atoms with Gasteiger partial charge in [0.05, 0.1) is 12.0 Å². The molecular formula is C14H23ClN2O2. The van der Waals surface area contributed by atoms with Crippen molar-refractivity contribution in [1.29, 1.82) is 0 Å². The fourth-order valence-corrected chi connectivity index (χ4v) is 1.53. The number of nitrogens with one attached hydrogen (secondary N) is 1. The summed E-state index contributed by atoms with van der Waals surface area (Å²) in [5.74, 6) is -0.0304. The highest BCUT2D eigenvalue weighted by Gasteiger charge is 2.25. The smallest absolute Gasteiger partial charge is 0.227 e. The van der Waals surface area contributed by atoms with E-state index in [4.69, 9.17) is 10.5 Å². The van der Waals surface area contributed by atoms with Crippen molar-refractivity contribution in [2.24, 2.45) is 11.1 Å². The van der Waals surface area contributed by atoms with E-state index in [2.05, 4.69) is 5.32 Å². The zero-order valence-electron chi connectivity index (χ0n) is 11.7. The third kappa shape index (κ3) is 5.19. The molecule has 1 aromatic rings. The second-order valence-corrected chi connectivity index (χ2v) is 4.97. The molecule has 0 spiro atoms. The van der Waals surface area contributed by atoms with Crippen LogP contribution in [-0.2, 0) is 22.7 Å². The first kappa shape index (κ1) is 17.9. The van der Waals surface area contributed by atoms with Gasteiger partial charge >= 0.3 is 0 Å². The molecule has 0 aliphatic heterocycles. The predicted molar refractivity (Wildman–Crippen MR) is 79.1 cm³/mol. The molecule has 1 rings (SSSR count). The highest BCUT2D eigenvalue weighted by Crippen LogP contribution is 2.14. The number of amides is 1. The van der Waals surface area contributed by atoms with Crippen molar-refractivity contribution in [1.82, 2.24) is 5.32 Å². The standard InChI is InChI=1S/C14H22N2O2.ClH/c1-14(2,10-15)13(17)16-8-11-6-4-5-7-12(11)9-18-3;/h4-7H,8-10,15H2,1-3H3,(H,16,17);1H. The van der Waals surface area contributed by atoms with Crippen LogP contribution in [0.3, 0.4) is 0 Å². The van der Waals surface area contributed by atoms with E-state index in [1.165, 1.54) is 0 Å². The Morgan fingerprint density at radius 2 is 1.89 bits per heavy atom. The number of carbonyl (C=O) groups excluding carboxylic acids is 1. The molecule has 0 saturated carbocycles. The van der Waals surface area contributed by atoms with E-state index in [1.54, 1.807) is 7.11 Å². The second-order valence-electron chi connectivity index (χ2n) is 4.97. The number of halogens is 1. The first-order valence-electron chi connectivity index (χ1n) is 6.05. The van der Waals surface area contributed by atoms with Crippen LogP contribution >= 0.6 is 12.4 Å². The van der Waals surface area contributed by atoms with Crippen molar-refractivity contribution in [3.63, 3.8) is 0 Å². The number of benzene rings is 1. The van der Waals surface area contributed by atoms with Crippen LogP contribution in [0.15, 0.2) is 24.3 Å². The molecule has 0 atom stereocenters. The van der Waals surface area contributed by atoms with Crippen molar-refractivity contribution < 1.29 is 9.53 Å². The summed E-state index contributed by atoms with van der Waals surface area (Å²) in [6, 6.07) is 7.90. The highest BCUT2D eigenvalue weighted by atomic mass is 35.5. The number of ether oxygens (including phenoxy) is 1. The van der Waals surface area contributed by atoms with E-state index in [9.17, 15) is 4.79 Å². The molecule has 19 heavy (non-hydrogen) atoms. The van der Waals surface area contributed by atoms with E-state index in [0.29, 0.717) is 19.7 Å². The zero-order chi connectivity index (χ0) is 13.6. The van der Waals surface area contributed by atoms with Gasteiger partial charge in [0.2, 0.25) is 5.91 Å². The maximum Gasteiger partial charge on any atom is 0.227 e. The molecule has 0 unspecified atom stereocenters. The molecule has 1 amide bonds. The third-order valence-corrected chi connectivity index (χ3v) is 2.98. The normalized spacial score (nSPS) is 10.7. The van der Waals surface area contributed by atoms with Gasteiger partial charge in [0.1, 0.15) is 0 Å². The number of hydrogen-bond acceptors (Lipinski definition) is 3. The van der Waals surface area contributed by atoms with Crippen LogP contribution < -0.4 is 11.1 Å². The Morgan fingerprint density at radius 3 is 2.42 bits per heavy atom. The molecule has 5 heteroatoms. The monoisotopic (exact) mass is 286 g/mol. The SMILES string of the molecule is COCc1ccccc1CNC(=O)C(C)(C)CN.Cl. The molecule has 0 aliphatic rings. The molecule has 0 fully saturated rings. The molecule has 0 heterocycles. The topological polar surface area (TPSA) is 64.3 Å². The fraction of sp³-hybridized carbons (Fsp3) is 0.500. The summed E-state index contributed by atoms with van der Waals surface area (Å²) in [6.45, 7) is 5.06. The molecule has 4 nitrogen and oxygen atoms in total. The van der Waals surface area contributed by atoms with Gasteiger partial charge in [-0.15, -0.1) is 12.4 Å². The number of nitrogens with two attached hydrogens (primary N) is 1. The lowest BCUT2D eigenvalue weighted by molar-refractivity contribution is -0.129. The van der Waals surface area contributed by atoms with E-state index < -0.39 is 5.41 Å². The largest absolute Gasteiger partial charge is 0.380 e. The molecule has 0 aromatic heterocycles. The first-order valence-corrected chi connectivity index (χ1v) is 6.05. The lowest BCUT2D eigenvalue weighted by Gasteiger charge is -2.21. The minimum absolute atomic E-state index is 0. The first-order chi connectivity index (χ1) is 8.51. The number of hydrogen-bond donors (Lipinski definition) is 2. The van der Waals surface area contributed by atoms with E-state index in [1.807, 2.05) is 38.1 Å². The van der Waals surface area contributed by atoms with Crippen molar-refractivity contribution in [3.05, 3.63) is 35.4 Å². The number of methoxy groups -OCH3 is 1.